The summed E-state index contributed by atoms with van der Waals surface area (Å²) in [4.78, 5) is 7.69. The van der Waals surface area contributed by atoms with Gasteiger partial charge < -0.3 is 29.6 Å². The van der Waals surface area contributed by atoms with E-state index in [2.05, 4.69) is 21.4 Å². The second kappa shape index (κ2) is 11.8. The number of H-pyrrole nitrogens is 1. The fraction of sp³-hybridized carbons (Fsp3) is 0.138. The summed E-state index contributed by atoms with van der Waals surface area (Å²) in [6.07, 6.45) is 2.36. The van der Waals surface area contributed by atoms with Crippen molar-refractivity contribution in [3.05, 3.63) is 102 Å². The maximum absolute atomic E-state index is 8.92. The van der Waals surface area contributed by atoms with Crippen molar-refractivity contribution in [2.24, 2.45) is 0 Å². The fourth-order valence-electron chi connectivity index (χ4n) is 3.96. The van der Waals surface area contributed by atoms with E-state index >= 15 is 0 Å². The number of halogens is 1. The fourth-order valence-corrected chi connectivity index (χ4v) is 4.18. The molecule has 3 aromatic carbocycles. The highest BCUT2D eigenvalue weighted by Crippen LogP contribution is 2.37. The van der Waals surface area contributed by atoms with E-state index in [9.17, 15) is 0 Å². The molecule has 37 heavy (non-hydrogen) atoms. The molecule has 8 heteroatoms. The topological polar surface area (TPSA) is 88.6 Å². The van der Waals surface area contributed by atoms with Gasteiger partial charge in [-0.3, -0.25) is 0 Å². The molecular formula is C29H26ClN3O4. The summed E-state index contributed by atoms with van der Waals surface area (Å²) in [6.45, 7) is 0.853. The number of aliphatic hydroxyl groups excluding tert-OH is 1. The van der Waals surface area contributed by atoms with Crippen molar-refractivity contribution in [3.63, 3.8) is 0 Å². The Morgan fingerprint density at radius 2 is 1.65 bits per heavy atom. The lowest BCUT2D eigenvalue weighted by atomic mass is 10.1. The van der Waals surface area contributed by atoms with Crippen molar-refractivity contribution in [2.45, 2.75) is 6.42 Å². The number of nitrogens with one attached hydrogen (secondary N) is 2. The van der Waals surface area contributed by atoms with Gasteiger partial charge in [0.15, 0.2) is 0 Å². The van der Waals surface area contributed by atoms with Gasteiger partial charge in [0.2, 0.25) is 0 Å². The molecule has 0 radical (unpaired) electrons. The van der Waals surface area contributed by atoms with Crippen LogP contribution in [0.5, 0.6) is 23.0 Å². The minimum Gasteiger partial charge on any atom is -0.457 e. The third-order valence-corrected chi connectivity index (χ3v) is 5.95. The molecule has 1 heterocycles. The highest BCUT2D eigenvalue weighted by molar-refractivity contribution is 6.32. The third kappa shape index (κ3) is 6.21. The summed E-state index contributed by atoms with van der Waals surface area (Å²) >= 11 is 6.58. The Morgan fingerprint density at radius 1 is 0.838 bits per heavy atom. The van der Waals surface area contributed by atoms with E-state index in [0.29, 0.717) is 47.7 Å². The van der Waals surface area contributed by atoms with Crippen LogP contribution in [0.25, 0.3) is 11.3 Å². The van der Waals surface area contributed by atoms with Crippen LogP contribution in [0, 0.1) is 0 Å². The van der Waals surface area contributed by atoms with E-state index in [1.165, 1.54) is 0 Å². The van der Waals surface area contributed by atoms with Crippen LogP contribution in [0.4, 0.5) is 11.5 Å². The maximum atomic E-state index is 8.92. The molecule has 0 atom stereocenters. The molecule has 1 aliphatic carbocycles. The second-order valence-electron chi connectivity index (χ2n) is 8.25. The second-order valence-corrected chi connectivity index (χ2v) is 8.65. The van der Waals surface area contributed by atoms with Gasteiger partial charge in [-0.1, -0.05) is 41.9 Å². The monoisotopic (exact) mass is 515 g/mol. The van der Waals surface area contributed by atoms with E-state index < -0.39 is 0 Å². The van der Waals surface area contributed by atoms with Gasteiger partial charge in [-0.15, -0.1) is 0 Å². The van der Waals surface area contributed by atoms with Gasteiger partial charge in [-0.2, -0.15) is 0 Å². The smallest absolute Gasteiger partial charge is 0.146 e. The molecule has 0 saturated heterocycles. The minimum absolute atomic E-state index is 0.0112. The molecule has 0 fully saturated rings. The normalized spacial score (nSPS) is 11.0. The lowest BCUT2D eigenvalue weighted by Gasteiger charge is -2.14. The summed E-state index contributed by atoms with van der Waals surface area (Å²) in [7, 11) is 0. The minimum atomic E-state index is 0.0112. The van der Waals surface area contributed by atoms with Crippen LogP contribution >= 0.6 is 11.6 Å². The van der Waals surface area contributed by atoms with Crippen LogP contribution in [-0.2, 0) is 11.2 Å². The average molecular weight is 516 g/mol. The number of hydrogen-bond acceptors (Lipinski definition) is 6. The highest BCUT2D eigenvalue weighted by atomic mass is 35.5. The Labute approximate surface area is 220 Å². The lowest BCUT2D eigenvalue weighted by molar-refractivity contribution is 0.0945. The van der Waals surface area contributed by atoms with Gasteiger partial charge >= 0.3 is 0 Å². The van der Waals surface area contributed by atoms with Crippen LogP contribution in [0.3, 0.4) is 0 Å². The number of nitrogens with zero attached hydrogens (tertiary/aromatic N) is 1. The van der Waals surface area contributed by atoms with Gasteiger partial charge in [-0.05, 0) is 60.5 Å². The Balaban J connectivity index is 1.29. The van der Waals surface area contributed by atoms with Gasteiger partial charge in [0.1, 0.15) is 28.8 Å². The standard InChI is InChI=1S/C29H26ClN3O4/c30-25-17-21(33-29-28-20(13-15-35-16-14-34)9-11-26(28)31-19-32-29)10-12-27(25)37-24-8-4-7-23(18-24)36-22-5-2-1-3-6-22/h1-12,17-19,33-34H,13-16H2,(H,31,32). The number of benzene rings is 3. The molecule has 3 aromatic rings. The van der Waals surface area contributed by atoms with Gasteiger partial charge in [0.05, 0.1) is 36.9 Å². The number of anilines is 2. The molecule has 188 valence electrons. The SMILES string of the molecule is OCCOCCc1ccc2[nH]cnc(Nc3ccc(Oc4cccc(Oc5ccccc5)c4)c(Cl)c3)c1-2. The first-order valence-electron chi connectivity index (χ1n) is 11.9. The summed E-state index contributed by atoms with van der Waals surface area (Å²) in [5, 5.41) is 12.7. The first-order valence-corrected chi connectivity index (χ1v) is 12.3. The van der Waals surface area contributed by atoms with Crippen LogP contribution in [-0.4, -0.2) is 34.9 Å². The summed E-state index contributed by atoms with van der Waals surface area (Å²) in [5.41, 5.74) is 3.84. The average Bonchev–Trinajstić information content (AvgIpc) is 3.33. The number of rotatable bonds is 11. The Hall–Kier alpha value is -4.04. The Bertz CT molecular complexity index is 1420. The van der Waals surface area contributed by atoms with E-state index in [-0.39, 0.29) is 6.61 Å². The largest absolute Gasteiger partial charge is 0.457 e. The van der Waals surface area contributed by atoms with E-state index in [1.807, 2.05) is 72.8 Å². The number of hydrogen-bond donors (Lipinski definition) is 3. The van der Waals surface area contributed by atoms with Crippen LogP contribution in [0.2, 0.25) is 5.02 Å². The number of fused-ring (bicyclic) bond motifs is 1. The Kier molecular flexibility index (Phi) is 7.86. The molecule has 0 spiro atoms. The molecule has 3 N–H and O–H groups in total. The van der Waals surface area contributed by atoms with Gasteiger partial charge in [0.25, 0.3) is 0 Å². The van der Waals surface area contributed by atoms with Gasteiger partial charge in [0, 0.05) is 17.3 Å². The zero-order valence-corrected chi connectivity index (χ0v) is 20.7. The highest BCUT2D eigenvalue weighted by Gasteiger charge is 2.16. The molecule has 7 nitrogen and oxygen atoms in total. The predicted molar refractivity (Wildman–Crippen MR) is 145 cm³/mol. The molecule has 0 unspecified atom stereocenters. The number of ether oxygens (including phenoxy) is 3. The van der Waals surface area contributed by atoms with Crippen molar-refractivity contribution < 1.29 is 19.3 Å². The zero-order chi connectivity index (χ0) is 25.5. The Morgan fingerprint density at radius 3 is 2.46 bits per heavy atom. The number of aromatic nitrogens is 2. The zero-order valence-electron chi connectivity index (χ0n) is 20.0. The molecular weight excluding hydrogens is 490 g/mol. The quantitative estimate of drug-likeness (QED) is 0.163. The van der Waals surface area contributed by atoms with Crippen molar-refractivity contribution in [1.29, 1.82) is 0 Å². The molecule has 1 aliphatic heterocycles. The van der Waals surface area contributed by atoms with Crippen LogP contribution < -0.4 is 14.8 Å². The molecule has 0 amide bonds. The van der Waals surface area contributed by atoms with E-state index in [0.717, 1.165) is 28.3 Å². The van der Waals surface area contributed by atoms with Crippen molar-refractivity contribution >= 4 is 23.1 Å². The van der Waals surface area contributed by atoms with Crippen LogP contribution in [0.1, 0.15) is 5.56 Å². The third-order valence-electron chi connectivity index (χ3n) is 5.65. The van der Waals surface area contributed by atoms with E-state index in [4.69, 9.17) is 30.9 Å². The van der Waals surface area contributed by atoms with Gasteiger partial charge in [-0.25, -0.2) is 4.98 Å². The van der Waals surface area contributed by atoms with Crippen LogP contribution in [0.15, 0.2) is 91.3 Å². The summed E-state index contributed by atoms with van der Waals surface area (Å²) in [6, 6.07) is 26.6. The number of aliphatic hydroxyl groups is 1. The first kappa shape index (κ1) is 24.6. The predicted octanol–water partition coefficient (Wildman–Crippen LogP) is 7.05. The van der Waals surface area contributed by atoms with Crippen molar-refractivity contribution in [3.8, 4) is 34.3 Å². The van der Waals surface area contributed by atoms with Crippen molar-refractivity contribution in [1.82, 2.24) is 9.97 Å². The van der Waals surface area contributed by atoms with E-state index in [1.54, 1.807) is 12.4 Å². The lowest BCUT2D eigenvalue weighted by Crippen LogP contribution is -2.04. The summed E-state index contributed by atoms with van der Waals surface area (Å²) in [5.74, 6) is 3.27. The number of aromatic amines is 1. The molecule has 2 aliphatic rings. The maximum Gasteiger partial charge on any atom is 0.146 e. The molecule has 5 rings (SSSR count). The van der Waals surface area contributed by atoms with Crippen molar-refractivity contribution in [2.75, 3.05) is 25.1 Å². The molecule has 0 aromatic heterocycles. The first-order chi connectivity index (χ1) is 18.2. The number of para-hydroxylation sites is 1. The summed E-state index contributed by atoms with van der Waals surface area (Å²) < 4.78 is 17.4. The molecule has 0 bridgehead atoms. The molecule has 0 saturated carbocycles.